The number of aryl methyl sites for hydroxylation is 1. The summed E-state index contributed by atoms with van der Waals surface area (Å²) >= 11 is 0. The van der Waals surface area contributed by atoms with Gasteiger partial charge in [-0.1, -0.05) is 0 Å². The van der Waals surface area contributed by atoms with Gasteiger partial charge in [-0.2, -0.15) is 5.10 Å². The molecule has 0 spiro atoms. The Morgan fingerprint density at radius 2 is 2.44 bits per heavy atom. The van der Waals surface area contributed by atoms with E-state index in [1.165, 1.54) is 6.42 Å². The largest absolute Gasteiger partial charge is 0.504 e. The molecule has 1 aromatic rings. The second kappa shape index (κ2) is 5.16. The van der Waals surface area contributed by atoms with Crippen molar-refractivity contribution in [1.29, 1.82) is 0 Å². The fourth-order valence-corrected chi connectivity index (χ4v) is 1.94. The van der Waals surface area contributed by atoms with Gasteiger partial charge < -0.3 is 9.47 Å². The van der Waals surface area contributed by atoms with E-state index in [9.17, 15) is 0 Å². The maximum Gasteiger partial charge on any atom is 0.150 e. The minimum absolute atomic E-state index is 0.110. The molecule has 1 aliphatic heterocycles. The van der Waals surface area contributed by atoms with E-state index in [0.29, 0.717) is 0 Å². The lowest BCUT2D eigenvalue weighted by Crippen LogP contribution is -2.20. The van der Waals surface area contributed by atoms with Gasteiger partial charge in [-0.05, 0) is 32.3 Å². The first-order chi connectivity index (χ1) is 7.81. The van der Waals surface area contributed by atoms with Crippen molar-refractivity contribution in [3.63, 3.8) is 0 Å². The molecule has 1 fully saturated rings. The Bertz CT molecular complexity index is 365. The zero-order valence-electron chi connectivity index (χ0n) is 9.85. The number of ether oxygens (including phenoxy) is 2. The van der Waals surface area contributed by atoms with Crippen molar-refractivity contribution in [3.8, 4) is 0 Å². The molecule has 0 bridgehead atoms. The fraction of sp³-hybridized carbons (Fsp3) is 0.583. The molecule has 2 heterocycles. The highest BCUT2D eigenvalue weighted by Crippen LogP contribution is 2.23. The highest BCUT2D eigenvalue weighted by atomic mass is 16.5. The van der Waals surface area contributed by atoms with Gasteiger partial charge in [0.05, 0.1) is 19.1 Å². The van der Waals surface area contributed by atoms with Crippen LogP contribution in [0, 0.1) is 6.92 Å². The Morgan fingerprint density at radius 3 is 3.12 bits per heavy atom. The van der Waals surface area contributed by atoms with E-state index < -0.39 is 0 Å². The molecule has 0 aliphatic carbocycles. The van der Waals surface area contributed by atoms with Crippen LogP contribution >= 0.6 is 0 Å². The molecule has 0 saturated carbocycles. The van der Waals surface area contributed by atoms with E-state index in [0.717, 1.165) is 30.8 Å². The molecule has 1 aromatic heterocycles. The Labute approximate surface area is 95.9 Å². The molecule has 0 radical (unpaired) electrons. The zero-order chi connectivity index (χ0) is 11.4. The van der Waals surface area contributed by atoms with Crippen molar-refractivity contribution >= 4 is 6.08 Å². The highest BCUT2D eigenvalue weighted by molar-refractivity contribution is 5.43. The molecule has 88 valence electrons. The van der Waals surface area contributed by atoms with Crippen LogP contribution in [0.5, 0.6) is 0 Å². The summed E-state index contributed by atoms with van der Waals surface area (Å²) in [7, 11) is 1.63. The summed E-state index contributed by atoms with van der Waals surface area (Å²) in [5, 5.41) is 4.50. The third kappa shape index (κ3) is 2.44. The summed E-state index contributed by atoms with van der Waals surface area (Å²) in [6, 6.07) is 2.04. The molecular weight excluding hydrogens is 204 g/mol. The van der Waals surface area contributed by atoms with Crippen LogP contribution in [-0.4, -0.2) is 23.5 Å². The third-order valence-electron chi connectivity index (χ3n) is 2.74. The molecule has 2 rings (SSSR count). The molecule has 1 saturated heterocycles. The maximum absolute atomic E-state index is 5.71. The van der Waals surface area contributed by atoms with Gasteiger partial charge in [0.1, 0.15) is 6.23 Å². The minimum atomic E-state index is 0.110. The molecule has 0 N–H and O–H groups in total. The van der Waals surface area contributed by atoms with Gasteiger partial charge in [-0.3, -0.25) is 0 Å². The van der Waals surface area contributed by atoms with E-state index in [2.05, 4.69) is 12.0 Å². The van der Waals surface area contributed by atoms with Crippen molar-refractivity contribution in [2.24, 2.45) is 0 Å². The van der Waals surface area contributed by atoms with Crippen LogP contribution in [0.4, 0.5) is 0 Å². The lowest BCUT2D eigenvalue weighted by Gasteiger charge is -2.23. The summed E-state index contributed by atoms with van der Waals surface area (Å²) in [6.07, 6.45) is 7.02. The van der Waals surface area contributed by atoms with Crippen LogP contribution in [0.25, 0.3) is 6.08 Å². The maximum atomic E-state index is 5.71. The standard InChI is InChI=1S/C12H18N2O2/c1-10-9-11(6-8-15-2)13-14(10)12-5-3-4-7-16-12/h6,8-9,12H,3-5,7H2,1-2H3/b8-6+. The first-order valence-corrected chi connectivity index (χ1v) is 5.68. The molecule has 1 unspecified atom stereocenters. The van der Waals surface area contributed by atoms with Crippen LogP contribution in [0.3, 0.4) is 0 Å². The molecule has 16 heavy (non-hydrogen) atoms. The van der Waals surface area contributed by atoms with Crippen molar-refractivity contribution in [2.45, 2.75) is 32.4 Å². The lowest BCUT2D eigenvalue weighted by atomic mass is 10.2. The second-order valence-corrected chi connectivity index (χ2v) is 4.01. The minimum Gasteiger partial charge on any atom is -0.504 e. The van der Waals surface area contributed by atoms with E-state index in [4.69, 9.17) is 9.47 Å². The number of nitrogens with zero attached hydrogens (tertiary/aromatic N) is 2. The van der Waals surface area contributed by atoms with E-state index >= 15 is 0 Å². The van der Waals surface area contributed by atoms with Gasteiger partial charge in [0.25, 0.3) is 0 Å². The van der Waals surface area contributed by atoms with Crippen molar-refractivity contribution in [3.05, 3.63) is 23.7 Å². The summed E-state index contributed by atoms with van der Waals surface area (Å²) in [4.78, 5) is 0. The summed E-state index contributed by atoms with van der Waals surface area (Å²) < 4.78 is 12.6. The van der Waals surface area contributed by atoms with E-state index in [-0.39, 0.29) is 6.23 Å². The average Bonchev–Trinajstić information content (AvgIpc) is 2.69. The van der Waals surface area contributed by atoms with Crippen LogP contribution in [0.2, 0.25) is 0 Å². The molecule has 1 atom stereocenters. The Hall–Kier alpha value is -1.29. The van der Waals surface area contributed by atoms with E-state index in [1.54, 1.807) is 13.4 Å². The van der Waals surface area contributed by atoms with Gasteiger partial charge in [0.15, 0.2) is 0 Å². The predicted molar refractivity (Wildman–Crippen MR) is 61.8 cm³/mol. The smallest absolute Gasteiger partial charge is 0.150 e. The van der Waals surface area contributed by atoms with Gasteiger partial charge in [0, 0.05) is 18.4 Å². The van der Waals surface area contributed by atoms with Crippen LogP contribution in [0.15, 0.2) is 12.3 Å². The first kappa shape index (κ1) is 11.2. The topological polar surface area (TPSA) is 36.3 Å². The SMILES string of the molecule is CO/C=C/c1cc(C)n(C2CCCCO2)n1. The Balaban J connectivity index is 2.13. The molecule has 4 nitrogen and oxygen atoms in total. The normalized spacial score (nSPS) is 21.5. The summed E-state index contributed by atoms with van der Waals surface area (Å²) in [5.41, 5.74) is 2.04. The number of rotatable bonds is 3. The molecular formula is C12H18N2O2. The van der Waals surface area contributed by atoms with Crippen molar-refractivity contribution in [1.82, 2.24) is 9.78 Å². The number of methoxy groups -OCH3 is 1. The highest BCUT2D eigenvalue weighted by Gasteiger charge is 2.18. The second-order valence-electron chi connectivity index (χ2n) is 4.01. The third-order valence-corrected chi connectivity index (χ3v) is 2.74. The number of hydrogen-bond donors (Lipinski definition) is 0. The fourth-order valence-electron chi connectivity index (χ4n) is 1.94. The van der Waals surface area contributed by atoms with Gasteiger partial charge in [-0.15, -0.1) is 0 Å². The molecule has 4 heteroatoms. The van der Waals surface area contributed by atoms with Gasteiger partial charge in [0.2, 0.25) is 0 Å². The lowest BCUT2D eigenvalue weighted by molar-refractivity contribution is -0.0406. The number of hydrogen-bond acceptors (Lipinski definition) is 3. The zero-order valence-corrected chi connectivity index (χ0v) is 9.85. The predicted octanol–water partition coefficient (Wildman–Crippen LogP) is 2.51. The summed E-state index contributed by atoms with van der Waals surface area (Å²) in [5.74, 6) is 0. The monoisotopic (exact) mass is 222 g/mol. The molecule has 0 aromatic carbocycles. The molecule has 1 aliphatic rings. The van der Waals surface area contributed by atoms with Crippen LogP contribution < -0.4 is 0 Å². The van der Waals surface area contributed by atoms with Crippen molar-refractivity contribution < 1.29 is 9.47 Å². The Morgan fingerprint density at radius 1 is 1.56 bits per heavy atom. The van der Waals surface area contributed by atoms with Gasteiger partial charge in [-0.25, -0.2) is 4.68 Å². The number of aromatic nitrogens is 2. The molecule has 0 amide bonds. The van der Waals surface area contributed by atoms with Crippen LogP contribution in [0.1, 0.15) is 36.9 Å². The Kier molecular flexibility index (Phi) is 3.62. The van der Waals surface area contributed by atoms with Crippen molar-refractivity contribution in [2.75, 3.05) is 13.7 Å². The summed E-state index contributed by atoms with van der Waals surface area (Å²) in [6.45, 7) is 2.89. The van der Waals surface area contributed by atoms with E-state index in [1.807, 2.05) is 16.8 Å². The first-order valence-electron chi connectivity index (χ1n) is 5.68. The average molecular weight is 222 g/mol. The van der Waals surface area contributed by atoms with Crippen LogP contribution in [-0.2, 0) is 9.47 Å². The quantitative estimate of drug-likeness (QED) is 0.737. The van der Waals surface area contributed by atoms with Gasteiger partial charge >= 0.3 is 0 Å².